The van der Waals surface area contributed by atoms with Crippen LogP contribution in [0.15, 0.2) is 23.1 Å². The predicted molar refractivity (Wildman–Crippen MR) is 57.7 cm³/mol. The number of nitrogens with one attached hydrogen (secondary N) is 1. The van der Waals surface area contributed by atoms with Crippen LogP contribution in [0.1, 0.15) is 10.4 Å². The van der Waals surface area contributed by atoms with Gasteiger partial charge in [-0.1, -0.05) is 0 Å². The van der Waals surface area contributed by atoms with Crippen LogP contribution in [0.4, 0.5) is 8.78 Å². The first-order valence-corrected chi connectivity index (χ1v) is 5.06. The number of rotatable bonds is 1. The summed E-state index contributed by atoms with van der Waals surface area (Å²) in [6.07, 6.45) is -2.80. The maximum atomic E-state index is 12.9. The molecule has 0 amide bonds. The third-order valence-corrected chi connectivity index (χ3v) is 2.63. The molecule has 1 aliphatic heterocycles. The number of aromatic carboxylic acids is 1. The molecule has 0 unspecified atom stereocenters. The summed E-state index contributed by atoms with van der Waals surface area (Å²) in [6, 6.07) is 2.18. The van der Waals surface area contributed by atoms with E-state index in [1.807, 2.05) is 0 Å². The van der Waals surface area contributed by atoms with E-state index in [-0.39, 0.29) is 22.4 Å². The van der Waals surface area contributed by atoms with Crippen molar-refractivity contribution >= 4 is 16.9 Å². The lowest BCUT2D eigenvalue weighted by Gasteiger charge is -2.04. The van der Waals surface area contributed by atoms with Crippen LogP contribution in [0.5, 0.6) is 11.5 Å². The van der Waals surface area contributed by atoms with Crippen molar-refractivity contribution in [2.24, 2.45) is 0 Å². The number of carboxylic acids is 1. The number of benzene rings is 1. The number of halogens is 2. The van der Waals surface area contributed by atoms with Gasteiger partial charge in [0.25, 0.3) is 0 Å². The molecule has 3 rings (SSSR count). The third kappa shape index (κ3) is 1.68. The average molecular weight is 269 g/mol. The Labute approximate surface area is 103 Å². The van der Waals surface area contributed by atoms with Crippen molar-refractivity contribution in [3.05, 3.63) is 34.1 Å². The number of aromatic nitrogens is 1. The Bertz CT molecular complexity index is 768. The van der Waals surface area contributed by atoms with Gasteiger partial charge in [0.2, 0.25) is 5.43 Å². The van der Waals surface area contributed by atoms with Gasteiger partial charge in [-0.05, 0) is 6.07 Å². The minimum absolute atomic E-state index is 0.0695. The number of hydrogen-bond acceptors (Lipinski definition) is 4. The molecule has 1 aromatic carbocycles. The molecule has 8 heteroatoms. The van der Waals surface area contributed by atoms with Crippen LogP contribution in [-0.2, 0) is 0 Å². The van der Waals surface area contributed by atoms with Gasteiger partial charge in [0.05, 0.1) is 10.9 Å². The van der Waals surface area contributed by atoms with Crippen LogP contribution >= 0.6 is 0 Å². The van der Waals surface area contributed by atoms with E-state index in [4.69, 9.17) is 5.11 Å². The monoisotopic (exact) mass is 269 g/mol. The zero-order valence-electron chi connectivity index (χ0n) is 9.07. The first kappa shape index (κ1) is 11.5. The number of fused-ring (bicyclic) bond motifs is 2. The van der Waals surface area contributed by atoms with Gasteiger partial charge >= 0.3 is 12.3 Å². The molecule has 2 aromatic rings. The lowest BCUT2D eigenvalue weighted by atomic mass is 10.1. The van der Waals surface area contributed by atoms with Crippen LogP contribution in [0, 0.1) is 0 Å². The minimum Gasteiger partial charge on any atom is -0.477 e. The van der Waals surface area contributed by atoms with E-state index in [9.17, 15) is 18.4 Å². The van der Waals surface area contributed by atoms with E-state index >= 15 is 0 Å². The first-order valence-electron chi connectivity index (χ1n) is 5.06. The number of ether oxygens (including phenoxy) is 2. The number of hydrogen-bond donors (Lipinski definition) is 2. The SMILES string of the molecule is O=C(O)c1c[nH]c2cc3c(cc2c1=O)OC(F)(F)O3. The summed E-state index contributed by atoms with van der Waals surface area (Å²) >= 11 is 0. The smallest absolute Gasteiger partial charge is 0.477 e. The van der Waals surface area contributed by atoms with Crippen LogP contribution < -0.4 is 14.9 Å². The molecule has 0 bridgehead atoms. The molecule has 98 valence electrons. The van der Waals surface area contributed by atoms with Crippen LogP contribution in [0.2, 0.25) is 0 Å². The highest BCUT2D eigenvalue weighted by atomic mass is 19.3. The average Bonchev–Trinajstić information content (AvgIpc) is 2.59. The molecule has 0 radical (unpaired) electrons. The standard InChI is InChI=1S/C11H5F2NO5/c12-11(13)18-7-1-4-6(2-8(7)19-11)14-3-5(9(4)15)10(16)17/h1-3H,(H,14,15)(H,16,17). The lowest BCUT2D eigenvalue weighted by Crippen LogP contribution is -2.25. The van der Waals surface area contributed by atoms with Crippen molar-refractivity contribution in [1.29, 1.82) is 0 Å². The molecular weight excluding hydrogens is 264 g/mol. The molecule has 6 nitrogen and oxygen atoms in total. The number of aromatic amines is 1. The zero-order chi connectivity index (χ0) is 13.8. The Morgan fingerprint density at radius 1 is 1.26 bits per heavy atom. The highest BCUT2D eigenvalue weighted by molar-refractivity contribution is 5.93. The second-order valence-corrected chi connectivity index (χ2v) is 3.85. The second-order valence-electron chi connectivity index (χ2n) is 3.85. The van der Waals surface area contributed by atoms with Gasteiger partial charge in [0.1, 0.15) is 5.56 Å². The van der Waals surface area contributed by atoms with Crippen molar-refractivity contribution in [2.75, 3.05) is 0 Å². The second kappa shape index (κ2) is 3.44. The number of carboxylic acid groups (broad SMARTS) is 1. The van der Waals surface area contributed by atoms with Crippen molar-refractivity contribution in [3.63, 3.8) is 0 Å². The molecule has 0 aliphatic carbocycles. The fraction of sp³-hybridized carbons (Fsp3) is 0.0909. The van der Waals surface area contributed by atoms with Gasteiger partial charge < -0.3 is 19.6 Å². The topological polar surface area (TPSA) is 88.6 Å². The number of pyridine rings is 1. The molecule has 2 N–H and O–H groups in total. The summed E-state index contributed by atoms with van der Waals surface area (Å²) in [5.41, 5.74) is -1.10. The Hall–Kier alpha value is -2.64. The van der Waals surface area contributed by atoms with Gasteiger partial charge in [-0.2, -0.15) is 0 Å². The summed E-state index contributed by atoms with van der Waals surface area (Å²) in [5, 5.41) is 8.74. The van der Waals surface area contributed by atoms with E-state index in [1.54, 1.807) is 0 Å². The third-order valence-electron chi connectivity index (χ3n) is 2.63. The highest BCUT2D eigenvalue weighted by Gasteiger charge is 2.43. The Morgan fingerprint density at radius 2 is 1.89 bits per heavy atom. The maximum Gasteiger partial charge on any atom is 0.586 e. The molecular formula is C11H5F2NO5. The maximum absolute atomic E-state index is 12.9. The molecule has 1 aromatic heterocycles. The normalized spacial score (nSPS) is 15.7. The summed E-state index contributed by atoms with van der Waals surface area (Å²) in [7, 11) is 0. The van der Waals surface area contributed by atoms with Crippen LogP contribution in [0.3, 0.4) is 0 Å². The Morgan fingerprint density at radius 3 is 2.53 bits per heavy atom. The summed E-state index contributed by atoms with van der Waals surface area (Å²) in [4.78, 5) is 25.2. The molecule has 1 aliphatic rings. The lowest BCUT2D eigenvalue weighted by molar-refractivity contribution is -0.286. The fourth-order valence-corrected chi connectivity index (χ4v) is 1.82. The molecule has 19 heavy (non-hydrogen) atoms. The Kier molecular flexibility index (Phi) is 2.07. The Balaban J connectivity index is 2.28. The van der Waals surface area contributed by atoms with Gasteiger partial charge in [-0.25, -0.2) is 4.79 Å². The van der Waals surface area contributed by atoms with E-state index in [2.05, 4.69) is 14.5 Å². The van der Waals surface area contributed by atoms with Gasteiger partial charge in [0, 0.05) is 12.3 Å². The van der Waals surface area contributed by atoms with Crippen molar-refractivity contribution in [2.45, 2.75) is 6.29 Å². The minimum atomic E-state index is -3.79. The quantitative estimate of drug-likeness (QED) is 0.819. The van der Waals surface area contributed by atoms with E-state index < -0.39 is 23.3 Å². The summed E-state index contributed by atoms with van der Waals surface area (Å²) < 4.78 is 34.2. The molecule has 0 saturated heterocycles. The largest absolute Gasteiger partial charge is 0.586 e. The van der Waals surface area contributed by atoms with Gasteiger partial charge in [0.15, 0.2) is 11.5 Å². The van der Waals surface area contributed by atoms with Crippen molar-refractivity contribution < 1.29 is 28.2 Å². The summed E-state index contributed by atoms with van der Waals surface area (Å²) in [6.45, 7) is 0. The number of carbonyl (C=O) groups is 1. The molecule has 2 heterocycles. The number of H-pyrrole nitrogens is 1. The van der Waals surface area contributed by atoms with Gasteiger partial charge in [-0.3, -0.25) is 4.79 Å². The van der Waals surface area contributed by atoms with Crippen molar-refractivity contribution in [3.8, 4) is 11.5 Å². The molecule has 0 spiro atoms. The van der Waals surface area contributed by atoms with E-state index in [0.717, 1.165) is 18.3 Å². The zero-order valence-corrected chi connectivity index (χ0v) is 9.07. The van der Waals surface area contributed by atoms with Gasteiger partial charge in [-0.15, -0.1) is 8.78 Å². The van der Waals surface area contributed by atoms with Crippen LogP contribution in [0.25, 0.3) is 10.9 Å². The van der Waals surface area contributed by atoms with E-state index in [1.165, 1.54) is 0 Å². The number of alkyl halides is 2. The fourth-order valence-electron chi connectivity index (χ4n) is 1.82. The highest BCUT2D eigenvalue weighted by Crippen LogP contribution is 2.42. The van der Waals surface area contributed by atoms with E-state index in [0.29, 0.717) is 0 Å². The first-order chi connectivity index (χ1) is 8.87. The van der Waals surface area contributed by atoms with Crippen LogP contribution in [-0.4, -0.2) is 22.4 Å². The summed E-state index contributed by atoms with van der Waals surface area (Å²) in [5.74, 6) is -1.95. The molecule has 0 saturated carbocycles. The van der Waals surface area contributed by atoms with Crippen molar-refractivity contribution in [1.82, 2.24) is 4.98 Å². The predicted octanol–water partition coefficient (Wildman–Crippen LogP) is 1.55. The molecule has 0 atom stereocenters. The molecule has 0 fully saturated rings.